The highest BCUT2D eigenvalue weighted by Gasteiger charge is 2.23. The van der Waals surface area contributed by atoms with Gasteiger partial charge in [0, 0.05) is 135 Å². The summed E-state index contributed by atoms with van der Waals surface area (Å²) < 4.78 is 13.7. The van der Waals surface area contributed by atoms with E-state index in [4.69, 9.17) is 29.9 Å². The second-order valence-electron chi connectivity index (χ2n) is 34.9. The number of imidazole rings is 1. The number of hydrogen-bond acceptors (Lipinski definition) is 9. The Morgan fingerprint density at radius 3 is 0.586 bits per heavy atom. The number of rotatable bonds is 14. The van der Waals surface area contributed by atoms with Crippen LogP contribution in [0.4, 0.5) is 0 Å². The molecule has 0 saturated carbocycles. The lowest BCUT2D eigenvalue weighted by Gasteiger charge is -2.12. The highest BCUT2D eigenvalue weighted by atomic mass is 15.1. The lowest BCUT2D eigenvalue weighted by Crippen LogP contribution is -2.01. The maximum Gasteiger partial charge on any atom is 0.182 e. The Morgan fingerprint density at radius 2 is 0.343 bits per heavy atom. The zero-order chi connectivity index (χ0) is 92.5. The quantitative estimate of drug-likeness (QED) is 0.104. The smallest absolute Gasteiger partial charge is 0.182 e. The van der Waals surface area contributed by atoms with Crippen molar-refractivity contribution in [2.45, 2.75) is 0 Å². The Hall–Kier alpha value is -19.3. The molecule has 0 bridgehead atoms. The molecule has 656 valence electrons. The first-order valence-electron chi connectivity index (χ1n) is 46.9. The topological polar surface area (TPSA) is 145 Å². The number of para-hydroxylation sites is 10. The van der Waals surface area contributed by atoms with E-state index in [1.807, 2.05) is 60.8 Å². The van der Waals surface area contributed by atoms with Gasteiger partial charge in [0.05, 0.1) is 60.9 Å². The molecule has 0 fully saturated rings. The Kier molecular flexibility index (Phi) is 20.2. The van der Waals surface area contributed by atoms with Crippen molar-refractivity contribution < 1.29 is 0 Å². The average Bonchev–Trinajstić information content (AvgIpc) is 1.60. The van der Waals surface area contributed by atoms with Crippen molar-refractivity contribution in [3.05, 3.63) is 492 Å². The molecule has 140 heavy (non-hydrogen) atoms. The predicted octanol–water partition coefficient (Wildman–Crippen LogP) is 30.4. The molecule has 0 atom stereocenters. The van der Waals surface area contributed by atoms with E-state index in [0.717, 1.165) is 73.0 Å². The van der Waals surface area contributed by atoms with Crippen molar-refractivity contribution in [3.63, 3.8) is 0 Å². The van der Waals surface area contributed by atoms with Crippen LogP contribution in [0.25, 0.3) is 245 Å². The highest BCUT2D eigenvalue weighted by molar-refractivity contribution is 6.13. The standard InChI is InChI=1S/C57H36N6.C37H24N6.C31H21N3/c1-7-19-49-43(13-1)44-14-2-8-20-50(44)61(49)40-31-25-37(26-32-40)55-58-56(38-27-33-41(34-28-38)62-51-21-9-3-15-45(51)46-16-4-10-22-52(46)62)60-57(59-55)39-29-35-42(36-30-39)63-53-23-11-5-17-47(53)48-18-6-12-24-54(48)63;1-3-13-33-29(9-1)30-10-2-4-14-34(30)43(33)28-21-19-26(20-22-28)25-15-17-27(18-16-25)35-40-36(31-11-5-7-23-38-31)42-37(41-35)32-12-6-8-24-39-32;1-3-9-29-26(7-1)27-8-2-4-10-30(27)34(29)25-18-16-23(17-19-25)22-12-14-24(15-13-22)28-21-33-20-6-5-11-31(33)32-28/h1-36H;1-24H;1-21H. The number of aromatic nitrogens is 15. The van der Waals surface area contributed by atoms with Gasteiger partial charge in [-0.2, -0.15) is 0 Å². The van der Waals surface area contributed by atoms with Crippen molar-refractivity contribution in [1.29, 1.82) is 0 Å². The molecule has 15 nitrogen and oxygen atoms in total. The molecule has 11 heterocycles. The van der Waals surface area contributed by atoms with Crippen LogP contribution in [0.3, 0.4) is 0 Å². The van der Waals surface area contributed by atoms with Gasteiger partial charge >= 0.3 is 0 Å². The second kappa shape index (κ2) is 34.7. The number of pyridine rings is 3. The van der Waals surface area contributed by atoms with E-state index in [9.17, 15) is 0 Å². The third-order valence-corrected chi connectivity index (χ3v) is 26.7. The fourth-order valence-electron chi connectivity index (χ4n) is 20.1. The van der Waals surface area contributed by atoms with Gasteiger partial charge in [0.25, 0.3) is 0 Å². The van der Waals surface area contributed by atoms with Crippen LogP contribution in [0.15, 0.2) is 492 Å². The fraction of sp³-hybridized carbons (Fsp3) is 0. The maximum absolute atomic E-state index is 5.17. The monoisotopic (exact) mass is 1790 g/mol. The average molecular weight is 1790 g/mol. The van der Waals surface area contributed by atoms with E-state index in [-0.39, 0.29) is 0 Å². The van der Waals surface area contributed by atoms with E-state index in [1.54, 1.807) is 12.4 Å². The molecular weight excluding hydrogens is 1710 g/mol. The van der Waals surface area contributed by atoms with Gasteiger partial charge in [-0.05, 0) is 216 Å². The van der Waals surface area contributed by atoms with Crippen LogP contribution in [-0.4, -0.2) is 72.1 Å². The van der Waals surface area contributed by atoms with Crippen LogP contribution >= 0.6 is 0 Å². The van der Waals surface area contributed by atoms with Crippen LogP contribution in [0.1, 0.15) is 0 Å². The Balaban J connectivity index is 0.000000114. The lowest BCUT2D eigenvalue weighted by atomic mass is 10.0. The molecule has 0 amide bonds. The third kappa shape index (κ3) is 14.6. The lowest BCUT2D eigenvalue weighted by molar-refractivity contribution is 1.05. The number of benzene rings is 17. The van der Waals surface area contributed by atoms with Crippen molar-refractivity contribution in [2.75, 3.05) is 0 Å². The van der Waals surface area contributed by atoms with Crippen LogP contribution in [0, 0.1) is 0 Å². The molecule has 17 aromatic carbocycles. The third-order valence-electron chi connectivity index (χ3n) is 26.7. The van der Waals surface area contributed by atoms with Gasteiger partial charge in [-0.15, -0.1) is 0 Å². The maximum atomic E-state index is 5.17. The summed E-state index contributed by atoms with van der Waals surface area (Å²) in [7, 11) is 0. The summed E-state index contributed by atoms with van der Waals surface area (Å²) in [4.78, 5) is 43.4. The highest BCUT2D eigenvalue weighted by Crippen LogP contribution is 2.42. The zero-order valence-electron chi connectivity index (χ0n) is 75.5. The predicted molar refractivity (Wildman–Crippen MR) is 571 cm³/mol. The summed E-state index contributed by atoms with van der Waals surface area (Å²) in [6, 6.07) is 164. The molecule has 0 radical (unpaired) electrons. The van der Waals surface area contributed by atoms with E-state index in [2.05, 4.69) is 461 Å². The molecule has 15 heteroatoms. The first kappa shape index (κ1) is 81.5. The first-order valence-corrected chi connectivity index (χ1v) is 46.9. The van der Waals surface area contributed by atoms with Gasteiger partial charge in [-0.25, -0.2) is 34.9 Å². The molecule has 28 aromatic rings. The van der Waals surface area contributed by atoms with Crippen molar-refractivity contribution in [1.82, 2.24) is 72.1 Å². The number of fused-ring (bicyclic) bond motifs is 16. The van der Waals surface area contributed by atoms with Crippen LogP contribution < -0.4 is 0 Å². The summed E-state index contributed by atoms with van der Waals surface area (Å²) in [5.41, 5.74) is 30.1. The van der Waals surface area contributed by atoms with Gasteiger partial charge in [-0.1, -0.05) is 273 Å². The molecule has 11 aromatic heterocycles. The van der Waals surface area contributed by atoms with E-state index >= 15 is 0 Å². The Labute approximate surface area is 803 Å². The SMILES string of the molecule is c1ccc(-c2nc(-c3ccc(-c4ccc(-n5c6ccccc6c6ccccc65)cc4)cc3)nc(-c3ccccn3)n2)nc1.c1ccc2c(c1)c1ccccc1n2-c1ccc(-c2ccc(-c3cn4ccccc4n3)cc2)cc1.c1ccc2c(c1)c1ccccc1n2-c1ccc(-c2nc(-c3ccc(-n4c5ccccc5c5ccccc54)cc3)nc(-c3ccc(-n4c5ccccc5c5ccccc54)cc3)n2)cc1. The number of hydrogen-bond donors (Lipinski definition) is 0. The molecular formula is C125H81N15. The summed E-state index contributed by atoms with van der Waals surface area (Å²) in [6.07, 6.45) is 7.57. The van der Waals surface area contributed by atoms with E-state index < -0.39 is 0 Å². The van der Waals surface area contributed by atoms with Gasteiger partial charge < -0.3 is 27.2 Å². The van der Waals surface area contributed by atoms with Gasteiger partial charge in [0.2, 0.25) is 0 Å². The normalized spacial score (nSPS) is 11.6. The van der Waals surface area contributed by atoms with Crippen LogP contribution in [0.2, 0.25) is 0 Å². The molecule has 0 saturated heterocycles. The first-order chi connectivity index (χ1) is 69.4. The summed E-state index contributed by atoms with van der Waals surface area (Å²) >= 11 is 0. The molecule has 0 unspecified atom stereocenters. The fourth-order valence-corrected chi connectivity index (χ4v) is 20.1. The molecule has 28 rings (SSSR count). The summed E-state index contributed by atoms with van der Waals surface area (Å²) in [5, 5.41) is 12.5. The van der Waals surface area contributed by atoms with Gasteiger partial charge in [-0.3, -0.25) is 9.97 Å². The van der Waals surface area contributed by atoms with Crippen LogP contribution in [-0.2, 0) is 0 Å². The zero-order valence-corrected chi connectivity index (χ0v) is 75.5. The minimum absolute atomic E-state index is 0.510. The molecule has 0 aliphatic carbocycles. The van der Waals surface area contributed by atoms with Crippen molar-refractivity contribution >= 4 is 115 Å². The molecule has 0 spiro atoms. The Morgan fingerprint density at radius 1 is 0.143 bits per heavy atom. The van der Waals surface area contributed by atoms with Gasteiger partial charge in [0.15, 0.2) is 34.9 Å². The minimum Gasteiger partial charge on any atom is -0.309 e. The number of nitrogens with zero attached hydrogens (tertiary/aromatic N) is 15. The molecule has 0 aliphatic rings. The second-order valence-corrected chi connectivity index (χ2v) is 34.9. The van der Waals surface area contributed by atoms with Crippen LogP contribution in [0.5, 0.6) is 0 Å². The Bertz CT molecular complexity index is 8800. The van der Waals surface area contributed by atoms with Crippen molar-refractivity contribution in [3.8, 4) is 131 Å². The molecule has 0 N–H and O–H groups in total. The van der Waals surface area contributed by atoms with E-state index in [1.165, 1.54) is 126 Å². The van der Waals surface area contributed by atoms with Crippen molar-refractivity contribution in [2.24, 2.45) is 0 Å². The largest absolute Gasteiger partial charge is 0.309 e. The van der Waals surface area contributed by atoms with Gasteiger partial charge in [0.1, 0.15) is 17.0 Å². The minimum atomic E-state index is 0.510. The van der Waals surface area contributed by atoms with E-state index in [0.29, 0.717) is 46.3 Å². The molecule has 0 aliphatic heterocycles. The summed E-state index contributed by atoms with van der Waals surface area (Å²) in [6.45, 7) is 0. The summed E-state index contributed by atoms with van der Waals surface area (Å²) in [5.74, 6) is 3.43.